The third-order valence-corrected chi connectivity index (χ3v) is 5.40. The smallest absolute Gasteiger partial charge is 0.240 e. The number of nitrogens with one attached hydrogen (secondary N) is 1. The number of hydrogen-bond donors (Lipinski definition) is 1. The van der Waals surface area contributed by atoms with Crippen molar-refractivity contribution in [2.75, 3.05) is 0 Å². The molecule has 26 heavy (non-hydrogen) atoms. The molecule has 1 aliphatic rings. The minimum Gasteiger partial charge on any atom is -0.352 e. The summed E-state index contributed by atoms with van der Waals surface area (Å²) < 4.78 is 2.15. The van der Waals surface area contributed by atoms with Crippen LogP contribution in [0.15, 0.2) is 60.7 Å². The molecule has 3 nitrogen and oxygen atoms in total. The fourth-order valence-electron chi connectivity index (χ4n) is 4.07. The lowest BCUT2D eigenvalue weighted by molar-refractivity contribution is -0.122. The van der Waals surface area contributed by atoms with Crippen molar-refractivity contribution in [3.05, 3.63) is 60.7 Å². The molecule has 1 N–H and O–H groups in total. The van der Waals surface area contributed by atoms with Gasteiger partial charge in [0.05, 0.1) is 0 Å². The van der Waals surface area contributed by atoms with Crippen molar-refractivity contribution in [1.29, 1.82) is 0 Å². The van der Waals surface area contributed by atoms with E-state index in [2.05, 4.69) is 40.2 Å². The van der Waals surface area contributed by atoms with E-state index in [1.54, 1.807) is 0 Å². The molecule has 134 valence electrons. The second kappa shape index (κ2) is 7.77. The zero-order valence-corrected chi connectivity index (χ0v) is 15.2. The molecule has 3 heteroatoms. The number of nitrogens with zero attached hydrogens (tertiary/aromatic N) is 1. The molecular weight excluding hydrogens is 320 g/mol. The summed E-state index contributed by atoms with van der Waals surface area (Å²) in [5.74, 6) is 0.121. The quantitative estimate of drug-likeness (QED) is 0.652. The zero-order valence-electron chi connectivity index (χ0n) is 15.2. The van der Waals surface area contributed by atoms with Gasteiger partial charge in [-0.05, 0) is 30.5 Å². The predicted octanol–water partition coefficient (Wildman–Crippen LogP) is 5.15. The summed E-state index contributed by atoms with van der Waals surface area (Å²) in [6.07, 6.45) is 7.28. The lowest BCUT2D eigenvalue weighted by Gasteiger charge is -2.18. The Balaban J connectivity index is 1.61. The van der Waals surface area contributed by atoms with Gasteiger partial charge >= 0.3 is 0 Å². The van der Waals surface area contributed by atoms with Crippen molar-refractivity contribution in [3.63, 3.8) is 0 Å². The molecule has 1 fully saturated rings. The highest BCUT2D eigenvalue weighted by atomic mass is 16.2. The lowest BCUT2D eigenvalue weighted by atomic mass is 10.1. The zero-order chi connectivity index (χ0) is 17.8. The van der Waals surface area contributed by atoms with Crippen LogP contribution < -0.4 is 5.32 Å². The molecule has 0 spiro atoms. The highest BCUT2D eigenvalue weighted by Gasteiger charge is 2.17. The summed E-state index contributed by atoms with van der Waals surface area (Å²) in [7, 11) is 0. The molecule has 3 aromatic rings. The molecule has 1 aromatic heterocycles. The first-order chi connectivity index (χ1) is 12.8. The van der Waals surface area contributed by atoms with Gasteiger partial charge in [0.2, 0.25) is 5.91 Å². The average Bonchev–Trinajstić information content (AvgIpc) is 2.84. The van der Waals surface area contributed by atoms with Crippen LogP contribution in [-0.2, 0) is 11.3 Å². The monoisotopic (exact) mass is 346 g/mol. The van der Waals surface area contributed by atoms with Crippen LogP contribution in [0, 0.1) is 0 Å². The van der Waals surface area contributed by atoms with E-state index in [1.807, 2.05) is 30.3 Å². The lowest BCUT2D eigenvalue weighted by Crippen LogP contribution is -2.36. The predicted molar refractivity (Wildman–Crippen MR) is 107 cm³/mol. The number of benzene rings is 2. The molecule has 0 saturated heterocycles. The van der Waals surface area contributed by atoms with Gasteiger partial charge in [-0.15, -0.1) is 0 Å². The van der Waals surface area contributed by atoms with E-state index >= 15 is 0 Å². The van der Waals surface area contributed by atoms with Crippen LogP contribution in [0.25, 0.3) is 22.2 Å². The molecule has 2 aromatic carbocycles. The van der Waals surface area contributed by atoms with Crippen LogP contribution in [0.4, 0.5) is 0 Å². The Hall–Kier alpha value is -2.55. The first-order valence-corrected chi connectivity index (χ1v) is 9.74. The number of carbonyl (C=O) groups is 1. The van der Waals surface area contributed by atoms with E-state index in [-0.39, 0.29) is 5.91 Å². The minimum atomic E-state index is 0.121. The summed E-state index contributed by atoms with van der Waals surface area (Å²) in [5.41, 5.74) is 3.36. The fraction of sp³-hybridized carbons (Fsp3) is 0.348. The van der Waals surface area contributed by atoms with Crippen molar-refractivity contribution in [3.8, 4) is 11.3 Å². The summed E-state index contributed by atoms with van der Waals surface area (Å²) in [5, 5.41) is 4.46. The number of aromatic nitrogens is 1. The van der Waals surface area contributed by atoms with Gasteiger partial charge in [-0.1, -0.05) is 74.2 Å². The van der Waals surface area contributed by atoms with Crippen LogP contribution >= 0.6 is 0 Å². The molecule has 0 unspecified atom stereocenters. The van der Waals surface area contributed by atoms with Crippen molar-refractivity contribution >= 4 is 16.8 Å². The fourth-order valence-corrected chi connectivity index (χ4v) is 4.07. The van der Waals surface area contributed by atoms with Gasteiger partial charge in [0.15, 0.2) is 0 Å². The summed E-state index contributed by atoms with van der Waals surface area (Å²) in [4.78, 5) is 12.8. The highest BCUT2D eigenvalue weighted by Crippen LogP contribution is 2.28. The molecule has 1 heterocycles. The Morgan fingerprint density at radius 1 is 0.923 bits per heavy atom. The molecule has 0 atom stereocenters. The van der Waals surface area contributed by atoms with Crippen molar-refractivity contribution in [2.45, 2.75) is 51.1 Å². The topological polar surface area (TPSA) is 34.0 Å². The third-order valence-electron chi connectivity index (χ3n) is 5.40. The van der Waals surface area contributed by atoms with E-state index < -0.39 is 0 Å². The van der Waals surface area contributed by atoms with Crippen LogP contribution in [0.2, 0.25) is 0 Å². The van der Waals surface area contributed by atoms with Gasteiger partial charge in [-0.3, -0.25) is 4.79 Å². The second-order valence-corrected chi connectivity index (χ2v) is 7.30. The molecule has 0 radical (unpaired) electrons. The van der Waals surface area contributed by atoms with E-state index in [9.17, 15) is 4.79 Å². The first kappa shape index (κ1) is 16.9. The van der Waals surface area contributed by atoms with Crippen LogP contribution in [-0.4, -0.2) is 16.5 Å². The van der Waals surface area contributed by atoms with Gasteiger partial charge in [0.25, 0.3) is 0 Å². The van der Waals surface area contributed by atoms with Crippen molar-refractivity contribution in [2.24, 2.45) is 0 Å². The molecular formula is C23H26N2O. The molecule has 1 amide bonds. The maximum Gasteiger partial charge on any atom is 0.240 e. The molecule has 4 rings (SSSR count). The van der Waals surface area contributed by atoms with Gasteiger partial charge in [0.1, 0.15) is 6.54 Å². The summed E-state index contributed by atoms with van der Waals surface area (Å²) >= 11 is 0. The number of amides is 1. The second-order valence-electron chi connectivity index (χ2n) is 7.30. The number of rotatable bonds is 4. The molecule has 0 aliphatic heterocycles. The maximum atomic E-state index is 12.8. The minimum absolute atomic E-state index is 0.121. The van der Waals surface area contributed by atoms with Gasteiger partial charge in [0, 0.05) is 22.6 Å². The van der Waals surface area contributed by atoms with E-state index in [1.165, 1.54) is 31.1 Å². The highest BCUT2D eigenvalue weighted by molar-refractivity contribution is 5.89. The Kier molecular flexibility index (Phi) is 5.05. The number of para-hydroxylation sites is 1. The Morgan fingerprint density at radius 3 is 2.38 bits per heavy atom. The van der Waals surface area contributed by atoms with E-state index in [0.29, 0.717) is 12.6 Å². The van der Waals surface area contributed by atoms with E-state index in [0.717, 1.165) is 29.6 Å². The Labute approximate surface area is 155 Å². The third kappa shape index (κ3) is 3.67. The van der Waals surface area contributed by atoms with Gasteiger partial charge in [-0.2, -0.15) is 0 Å². The maximum absolute atomic E-state index is 12.8. The van der Waals surface area contributed by atoms with E-state index in [4.69, 9.17) is 0 Å². The first-order valence-electron chi connectivity index (χ1n) is 9.74. The van der Waals surface area contributed by atoms with Crippen LogP contribution in [0.3, 0.4) is 0 Å². The van der Waals surface area contributed by atoms with Crippen molar-refractivity contribution < 1.29 is 4.79 Å². The molecule has 1 saturated carbocycles. The molecule has 1 aliphatic carbocycles. The molecule has 0 bridgehead atoms. The average molecular weight is 346 g/mol. The van der Waals surface area contributed by atoms with Gasteiger partial charge < -0.3 is 9.88 Å². The number of fused-ring (bicyclic) bond motifs is 1. The summed E-state index contributed by atoms with van der Waals surface area (Å²) in [6.45, 7) is 0.369. The summed E-state index contributed by atoms with van der Waals surface area (Å²) in [6, 6.07) is 21.1. The SMILES string of the molecule is O=C(Cn1c(-c2ccccc2)cc2ccccc21)NC1CCCCCC1. The largest absolute Gasteiger partial charge is 0.352 e. The normalized spacial score (nSPS) is 15.7. The van der Waals surface area contributed by atoms with Crippen LogP contribution in [0.5, 0.6) is 0 Å². The van der Waals surface area contributed by atoms with Gasteiger partial charge in [-0.25, -0.2) is 0 Å². The van der Waals surface area contributed by atoms with Crippen molar-refractivity contribution in [1.82, 2.24) is 9.88 Å². The number of carbonyl (C=O) groups excluding carboxylic acids is 1. The van der Waals surface area contributed by atoms with Crippen LogP contribution in [0.1, 0.15) is 38.5 Å². The standard InChI is InChI=1S/C23H26N2O/c26-23(24-20-13-6-1-2-7-14-20)17-25-21-15-9-8-12-19(21)16-22(25)18-10-4-3-5-11-18/h3-5,8-12,15-16,20H,1-2,6-7,13-14,17H2,(H,24,26). The Bertz CT molecular complexity index is 874. The Morgan fingerprint density at radius 2 is 1.62 bits per heavy atom. The number of hydrogen-bond acceptors (Lipinski definition) is 1.